The van der Waals surface area contributed by atoms with Crippen molar-refractivity contribution in [2.24, 2.45) is 0 Å². The van der Waals surface area contributed by atoms with Crippen LogP contribution in [0.5, 0.6) is 17.2 Å². The first kappa shape index (κ1) is 16.1. The average molecular weight is 303 g/mol. The lowest BCUT2D eigenvalue weighted by molar-refractivity contribution is 0.242. The first-order chi connectivity index (χ1) is 10.6. The summed E-state index contributed by atoms with van der Waals surface area (Å²) in [6.07, 6.45) is 1.19. The van der Waals surface area contributed by atoms with E-state index in [9.17, 15) is 20.4 Å². The van der Waals surface area contributed by atoms with Gasteiger partial charge >= 0.3 is 0 Å². The fraction of sp³-hybridized carbons (Fsp3) is 0.294. The van der Waals surface area contributed by atoms with Gasteiger partial charge in [0.1, 0.15) is 17.2 Å². The highest BCUT2D eigenvalue weighted by Gasteiger charge is 2.09. The molecule has 2 aromatic carbocycles. The third kappa shape index (κ3) is 4.65. The molecule has 2 rings (SSSR count). The Bertz CT molecular complexity index is 598. The minimum Gasteiger partial charge on any atom is -0.508 e. The highest BCUT2D eigenvalue weighted by atomic mass is 16.3. The van der Waals surface area contributed by atoms with Gasteiger partial charge in [0, 0.05) is 6.04 Å². The summed E-state index contributed by atoms with van der Waals surface area (Å²) in [7, 11) is 0. The topological polar surface area (TPSA) is 93.0 Å². The van der Waals surface area contributed by atoms with Crippen molar-refractivity contribution in [3.8, 4) is 17.2 Å². The fourth-order valence-electron chi connectivity index (χ4n) is 2.30. The normalized spacial score (nSPS) is 12.2. The number of hydrogen-bond acceptors (Lipinski definition) is 5. The molecule has 0 aromatic heterocycles. The molecule has 0 radical (unpaired) electrons. The van der Waals surface area contributed by atoms with Crippen molar-refractivity contribution in [3.05, 3.63) is 53.6 Å². The molecular weight excluding hydrogens is 282 g/mol. The highest BCUT2D eigenvalue weighted by Crippen LogP contribution is 2.22. The molecule has 0 spiro atoms. The van der Waals surface area contributed by atoms with Crippen LogP contribution in [0.25, 0.3) is 0 Å². The van der Waals surface area contributed by atoms with Crippen LogP contribution in [-0.4, -0.2) is 39.6 Å². The Labute approximate surface area is 129 Å². The van der Waals surface area contributed by atoms with E-state index in [-0.39, 0.29) is 29.9 Å². The van der Waals surface area contributed by atoms with Crippen LogP contribution in [-0.2, 0) is 12.8 Å². The van der Waals surface area contributed by atoms with Gasteiger partial charge in [-0.25, -0.2) is 0 Å². The largest absolute Gasteiger partial charge is 0.508 e. The maximum Gasteiger partial charge on any atom is 0.119 e. The number of aliphatic hydroxyl groups excluding tert-OH is 1. The first-order valence-corrected chi connectivity index (χ1v) is 7.21. The Kier molecular flexibility index (Phi) is 5.63. The summed E-state index contributed by atoms with van der Waals surface area (Å²) in [6, 6.07) is 11.2. The van der Waals surface area contributed by atoms with Gasteiger partial charge in [-0.1, -0.05) is 12.1 Å². The molecule has 0 aliphatic carbocycles. The first-order valence-electron chi connectivity index (χ1n) is 7.21. The third-order valence-electron chi connectivity index (χ3n) is 3.53. The molecule has 0 heterocycles. The van der Waals surface area contributed by atoms with Crippen LogP contribution in [0.15, 0.2) is 42.5 Å². The summed E-state index contributed by atoms with van der Waals surface area (Å²) in [5.74, 6) is 0.492. The second-order valence-corrected chi connectivity index (χ2v) is 5.27. The minimum atomic E-state index is -0.107. The van der Waals surface area contributed by atoms with E-state index in [1.807, 2.05) is 12.1 Å². The van der Waals surface area contributed by atoms with Crippen LogP contribution in [0.1, 0.15) is 11.1 Å². The van der Waals surface area contributed by atoms with E-state index in [2.05, 4.69) is 5.32 Å². The summed E-state index contributed by atoms with van der Waals surface area (Å²) in [6.45, 7) is 0.563. The molecule has 2 aromatic rings. The van der Waals surface area contributed by atoms with Gasteiger partial charge in [0.15, 0.2) is 0 Å². The third-order valence-corrected chi connectivity index (χ3v) is 3.53. The van der Waals surface area contributed by atoms with Crippen LogP contribution >= 0.6 is 0 Å². The Morgan fingerprint density at radius 3 is 2.27 bits per heavy atom. The number of phenolic OH excluding ortho intramolecular Hbond substituents is 3. The molecule has 0 unspecified atom stereocenters. The van der Waals surface area contributed by atoms with Gasteiger partial charge in [0.25, 0.3) is 0 Å². The predicted molar refractivity (Wildman–Crippen MR) is 84.2 cm³/mol. The van der Waals surface area contributed by atoms with E-state index in [4.69, 9.17) is 0 Å². The van der Waals surface area contributed by atoms with Crippen LogP contribution in [0.4, 0.5) is 0 Å². The number of benzene rings is 2. The number of aromatic hydroxyl groups is 3. The summed E-state index contributed by atoms with van der Waals surface area (Å²) >= 11 is 0. The summed E-state index contributed by atoms with van der Waals surface area (Å²) in [5.41, 5.74) is 1.68. The molecule has 118 valence electrons. The Morgan fingerprint density at radius 1 is 0.909 bits per heavy atom. The second-order valence-electron chi connectivity index (χ2n) is 5.27. The monoisotopic (exact) mass is 303 g/mol. The molecule has 0 aliphatic rings. The number of phenols is 3. The lowest BCUT2D eigenvalue weighted by Crippen LogP contribution is -2.35. The van der Waals surface area contributed by atoms with Crippen molar-refractivity contribution in [2.75, 3.05) is 13.2 Å². The van der Waals surface area contributed by atoms with Crippen molar-refractivity contribution in [1.82, 2.24) is 5.32 Å². The minimum absolute atomic E-state index is 0.00705. The van der Waals surface area contributed by atoms with E-state index in [1.54, 1.807) is 12.1 Å². The molecule has 5 N–H and O–H groups in total. The molecular formula is C17H21NO4. The van der Waals surface area contributed by atoms with Gasteiger partial charge in [-0.2, -0.15) is 0 Å². The second kappa shape index (κ2) is 7.68. The van der Waals surface area contributed by atoms with Crippen LogP contribution in [0.2, 0.25) is 0 Å². The van der Waals surface area contributed by atoms with Crippen molar-refractivity contribution in [2.45, 2.75) is 18.9 Å². The van der Waals surface area contributed by atoms with Crippen LogP contribution < -0.4 is 5.32 Å². The van der Waals surface area contributed by atoms with Crippen molar-refractivity contribution in [3.63, 3.8) is 0 Å². The number of hydrogen-bond donors (Lipinski definition) is 5. The molecule has 0 saturated heterocycles. The van der Waals surface area contributed by atoms with Gasteiger partial charge in [-0.15, -0.1) is 0 Å². The summed E-state index contributed by atoms with van der Waals surface area (Å²) in [4.78, 5) is 0. The molecule has 0 fully saturated rings. The number of aliphatic hydroxyl groups is 1. The zero-order chi connectivity index (χ0) is 15.9. The molecule has 0 amide bonds. The Balaban J connectivity index is 1.85. The molecule has 0 saturated carbocycles. The molecule has 5 heteroatoms. The molecule has 0 bridgehead atoms. The lowest BCUT2D eigenvalue weighted by atomic mass is 10.1. The zero-order valence-electron chi connectivity index (χ0n) is 12.2. The summed E-state index contributed by atoms with van der Waals surface area (Å²) in [5, 5.41) is 41.0. The smallest absolute Gasteiger partial charge is 0.119 e. The van der Waals surface area contributed by atoms with Gasteiger partial charge < -0.3 is 25.7 Å². The highest BCUT2D eigenvalue weighted by molar-refractivity contribution is 5.38. The standard InChI is InChI=1S/C17H21NO4/c19-11-14(9-12-1-3-15(20)4-2-12)18-8-7-13-10-16(21)5-6-17(13)22/h1-6,10,14,18-22H,7-9,11H2/t14-/m0/s1. The molecule has 5 nitrogen and oxygen atoms in total. The van der Waals surface area contributed by atoms with Crippen molar-refractivity contribution < 1.29 is 20.4 Å². The average Bonchev–Trinajstić information content (AvgIpc) is 2.51. The number of rotatable bonds is 7. The molecule has 22 heavy (non-hydrogen) atoms. The molecule has 0 aliphatic heterocycles. The predicted octanol–water partition coefficient (Wildman–Crippen LogP) is 1.54. The van der Waals surface area contributed by atoms with Gasteiger partial charge in [-0.05, 0) is 60.8 Å². The maximum absolute atomic E-state index is 9.71. The van der Waals surface area contributed by atoms with Gasteiger partial charge in [0.05, 0.1) is 6.61 Å². The van der Waals surface area contributed by atoms with E-state index in [0.717, 1.165) is 5.56 Å². The SMILES string of the molecule is OC[C@H](Cc1ccc(O)cc1)NCCc1cc(O)ccc1O. The van der Waals surface area contributed by atoms with E-state index >= 15 is 0 Å². The van der Waals surface area contributed by atoms with Crippen LogP contribution in [0, 0.1) is 0 Å². The maximum atomic E-state index is 9.71. The van der Waals surface area contributed by atoms with Crippen LogP contribution in [0.3, 0.4) is 0 Å². The van der Waals surface area contributed by atoms with Gasteiger partial charge in [-0.3, -0.25) is 0 Å². The van der Waals surface area contributed by atoms with Gasteiger partial charge in [0.2, 0.25) is 0 Å². The Hall–Kier alpha value is -2.24. The quantitative estimate of drug-likeness (QED) is 0.500. The number of nitrogens with one attached hydrogen (secondary N) is 1. The fourth-order valence-corrected chi connectivity index (χ4v) is 2.30. The van der Waals surface area contributed by atoms with E-state index < -0.39 is 0 Å². The van der Waals surface area contributed by atoms with Crippen molar-refractivity contribution >= 4 is 0 Å². The van der Waals surface area contributed by atoms with E-state index in [0.29, 0.717) is 24.9 Å². The molecule has 1 atom stereocenters. The summed E-state index contributed by atoms with van der Waals surface area (Å²) < 4.78 is 0. The zero-order valence-corrected chi connectivity index (χ0v) is 12.2. The lowest BCUT2D eigenvalue weighted by Gasteiger charge is -2.16. The Morgan fingerprint density at radius 2 is 1.59 bits per heavy atom. The van der Waals surface area contributed by atoms with E-state index in [1.165, 1.54) is 18.2 Å². The van der Waals surface area contributed by atoms with Crippen molar-refractivity contribution in [1.29, 1.82) is 0 Å².